The van der Waals surface area contributed by atoms with Gasteiger partial charge in [-0.2, -0.15) is 0 Å². The number of hydrogen-bond acceptors (Lipinski definition) is 6. The van der Waals surface area contributed by atoms with Gasteiger partial charge >= 0.3 is 5.97 Å². The third-order valence-corrected chi connectivity index (χ3v) is 7.06. The number of fused-ring (bicyclic) bond motifs is 1. The largest absolute Gasteiger partial charge is 0.477 e. The van der Waals surface area contributed by atoms with E-state index in [9.17, 15) is 14.7 Å². The zero-order valence-corrected chi connectivity index (χ0v) is 21.2. The average molecular weight is 502 g/mol. The molecule has 1 amide bonds. The van der Waals surface area contributed by atoms with Gasteiger partial charge < -0.3 is 15.3 Å². The van der Waals surface area contributed by atoms with E-state index in [1.165, 1.54) is 10.9 Å². The first-order chi connectivity index (χ1) is 17.7. The molecule has 4 aromatic rings. The van der Waals surface area contributed by atoms with Crippen molar-refractivity contribution in [3.8, 4) is 17.1 Å². The average Bonchev–Trinajstić information content (AvgIpc) is 3.49. The highest BCUT2D eigenvalue weighted by atomic mass is 16.4. The Labute approximate surface area is 214 Å². The maximum atomic E-state index is 13.5. The number of anilines is 2. The fraction of sp³-hybridized carbons (Fsp3) is 0.357. The Morgan fingerprint density at radius 1 is 1.11 bits per heavy atom. The number of nitrogens with two attached hydrogens (primary N) is 1. The van der Waals surface area contributed by atoms with Crippen molar-refractivity contribution in [3.05, 3.63) is 54.2 Å². The molecule has 1 saturated carbocycles. The molecule has 0 unspecified atom stereocenters. The summed E-state index contributed by atoms with van der Waals surface area (Å²) in [5.41, 5.74) is 9.17. The lowest BCUT2D eigenvalue weighted by atomic mass is 9.82. The molecule has 0 radical (unpaired) electrons. The Bertz CT molecular complexity index is 1450. The van der Waals surface area contributed by atoms with E-state index in [0.717, 1.165) is 31.2 Å². The predicted octanol–water partition coefficient (Wildman–Crippen LogP) is 5.53. The molecule has 2 aromatic carbocycles. The Morgan fingerprint density at radius 3 is 2.46 bits per heavy atom. The number of amides is 1. The summed E-state index contributed by atoms with van der Waals surface area (Å²) in [6.07, 6.45) is 5.09. The standard InChI is InChI=1S/C28H31N5O4/c1-16(2)33(27(34)19-6-4-17(3)5-7-19)25-22(28(35)36)15-32(31-25)21-11-8-18(9-12-21)26-30-23-14-20(29)10-13-24(23)37-26/h8-17,19H,4-7,29H2,1-3H3,(H,35,36)/t17-,19-. The lowest BCUT2D eigenvalue weighted by Crippen LogP contribution is -2.43. The summed E-state index contributed by atoms with van der Waals surface area (Å²) in [5.74, 6) is -0.0527. The molecule has 1 fully saturated rings. The maximum Gasteiger partial charge on any atom is 0.341 e. The monoisotopic (exact) mass is 501 g/mol. The van der Waals surface area contributed by atoms with E-state index in [4.69, 9.17) is 10.2 Å². The minimum absolute atomic E-state index is 0.00755. The number of rotatable bonds is 6. The van der Waals surface area contributed by atoms with Crippen LogP contribution in [0.2, 0.25) is 0 Å². The first kappa shape index (κ1) is 24.5. The number of carboxylic acids is 1. The van der Waals surface area contributed by atoms with E-state index in [1.807, 2.05) is 38.1 Å². The molecule has 1 aliphatic carbocycles. The molecule has 0 aliphatic heterocycles. The minimum atomic E-state index is -1.13. The molecule has 37 heavy (non-hydrogen) atoms. The molecule has 0 saturated heterocycles. The van der Waals surface area contributed by atoms with E-state index in [2.05, 4.69) is 17.0 Å². The summed E-state index contributed by atoms with van der Waals surface area (Å²) < 4.78 is 7.35. The van der Waals surface area contributed by atoms with Crippen LogP contribution in [0.1, 0.15) is 56.8 Å². The van der Waals surface area contributed by atoms with Crippen LogP contribution in [-0.2, 0) is 4.79 Å². The zero-order valence-electron chi connectivity index (χ0n) is 21.2. The van der Waals surface area contributed by atoms with Crippen molar-refractivity contribution in [3.63, 3.8) is 0 Å². The Balaban J connectivity index is 1.46. The molecule has 2 heterocycles. The van der Waals surface area contributed by atoms with Crippen LogP contribution in [0.3, 0.4) is 0 Å². The zero-order chi connectivity index (χ0) is 26.3. The minimum Gasteiger partial charge on any atom is -0.477 e. The topological polar surface area (TPSA) is 127 Å². The highest BCUT2D eigenvalue weighted by Crippen LogP contribution is 2.33. The number of oxazole rings is 1. The molecule has 0 atom stereocenters. The van der Waals surface area contributed by atoms with E-state index in [0.29, 0.717) is 34.3 Å². The van der Waals surface area contributed by atoms with Crippen LogP contribution in [0.5, 0.6) is 0 Å². The maximum absolute atomic E-state index is 13.5. The van der Waals surface area contributed by atoms with Crippen molar-refractivity contribution in [1.82, 2.24) is 14.8 Å². The van der Waals surface area contributed by atoms with E-state index >= 15 is 0 Å². The smallest absolute Gasteiger partial charge is 0.341 e. The van der Waals surface area contributed by atoms with Gasteiger partial charge in [-0.15, -0.1) is 5.10 Å². The van der Waals surface area contributed by atoms with E-state index in [1.54, 1.807) is 23.1 Å². The Morgan fingerprint density at radius 2 is 1.81 bits per heavy atom. The van der Waals surface area contributed by atoms with Gasteiger partial charge in [-0.25, -0.2) is 14.5 Å². The van der Waals surface area contributed by atoms with Crippen molar-refractivity contribution < 1.29 is 19.1 Å². The number of nitrogen functional groups attached to an aromatic ring is 1. The van der Waals surface area contributed by atoms with Gasteiger partial charge in [0.05, 0.1) is 5.69 Å². The normalized spacial score (nSPS) is 17.8. The molecular weight excluding hydrogens is 470 g/mol. The fourth-order valence-corrected chi connectivity index (χ4v) is 4.96. The first-order valence-corrected chi connectivity index (χ1v) is 12.6. The predicted molar refractivity (Wildman–Crippen MR) is 142 cm³/mol. The summed E-state index contributed by atoms with van der Waals surface area (Å²) in [6, 6.07) is 12.4. The lowest BCUT2D eigenvalue weighted by molar-refractivity contribution is -0.124. The van der Waals surface area contributed by atoms with Gasteiger partial charge in [0.15, 0.2) is 11.4 Å². The Kier molecular flexibility index (Phi) is 6.45. The highest BCUT2D eigenvalue weighted by Gasteiger charge is 2.34. The molecule has 0 spiro atoms. The van der Waals surface area contributed by atoms with Crippen LogP contribution < -0.4 is 10.6 Å². The van der Waals surface area contributed by atoms with E-state index in [-0.39, 0.29) is 29.2 Å². The lowest BCUT2D eigenvalue weighted by Gasteiger charge is -2.32. The fourth-order valence-electron chi connectivity index (χ4n) is 4.96. The summed E-state index contributed by atoms with van der Waals surface area (Å²) in [4.78, 5) is 31.7. The van der Waals surface area contributed by atoms with Crippen LogP contribution >= 0.6 is 0 Å². The van der Waals surface area contributed by atoms with E-state index < -0.39 is 5.97 Å². The summed E-state index contributed by atoms with van der Waals surface area (Å²) >= 11 is 0. The van der Waals surface area contributed by atoms with Gasteiger partial charge in [0.2, 0.25) is 11.8 Å². The number of carbonyl (C=O) groups excluding carboxylic acids is 1. The van der Waals surface area contributed by atoms with Gasteiger partial charge in [0.1, 0.15) is 11.1 Å². The number of benzene rings is 2. The van der Waals surface area contributed by atoms with Gasteiger partial charge in [0, 0.05) is 29.4 Å². The Hall–Kier alpha value is -4.14. The second kappa shape index (κ2) is 9.72. The number of carboxylic acid groups (broad SMARTS) is 1. The van der Waals surface area contributed by atoms with Gasteiger partial charge in [-0.3, -0.25) is 9.69 Å². The van der Waals surface area contributed by atoms with Crippen LogP contribution in [-0.4, -0.2) is 37.8 Å². The van der Waals surface area contributed by atoms with Crippen molar-refractivity contribution >= 4 is 34.5 Å². The van der Waals surface area contributed by atoms with Crippen LogP contribution in [0, 0.1) is 11.8 Å². The van der Waals surface area contributed by atoms with Gasteiger partial charge in [-0.1, -0.05) is 6.92 Å². The molecule has 5 rings (SSSR count). The molecule has 9 nitrogen and oxygen atoms in total. The quantitative estimate of drug-likeness (QED) is 0.333. The van der Waals surface area contributed by atoms with Crippen LogP contribution in [0.25, 0.3) is 28.2 Å². The van der Waals surface area contributed by atoms with Crippen molar-refractivity contribution in [2.24, 2.45) is 11.8 Å². The third-order valence-electron chi connectivity index (χ3n) is 7.06. The van der Waals surface area contributed by atoms with Crippen LogP contribution in [0.4, 0.5) is 11.5 Å². The summed E-state index contributed by atoms with van der Waals surface area (Å²) in [6.45, 7) is 5.98. The van der Waals surface area contributed by atoms with Gasteiger partial charge in [0.25, 0.3) is 0 Å². The molecule has 0 bridgehead atoms. The second-order valence-electron chi connectivity index (χ2n) is 10.2. The number of aromatic nitrogens is 3. The van der Waals surface area contributed by atoms with Gasteiger partial charge in [-0.05, 0) is 87.9 Å². The SMILES string of the molecule is CC(C)N(c1nn(-c2ccc(-c3nc4cc(N)ccc4o3)cc2)cc1C(=O)O)C(=O)[C@H]1CC[C@H](C)CC1. The number of nitrogens with zero attached hydrogens (tertiary/aromatic N) is 4. The highest BCUT2D eigenvalue weighted by molar-refractivity contribution is 6.01. The number of hydrogen-bond donors (Lipinski definition) is 2. The molecule has 9 heteroatoms. The molecule has 2 aromatic heterocycles. The molecule has 3 N–H and O–H groups in total. The summed E-state index contributed by atoms with van der Waals surface area (Å²) in [5, 5.41) is 14.5. The van der Waals surface area contributed by atoms with Crippen molar-refractivity contribution in [2.45, 2.75) is 52.5 Å². The molecule has 192 valence electrons. The molecule has 1 aliphatic rings. The number of carbonyl (C=O) groups is 2. The first-order valence-electron chi connectivity index (χ1n) is 12.6. The third kappa shape index (κ3) is 4.81. The van der Waals surface area contributed by atoms with Crippen molar-refractivity contribution in [2.75, 3.05) is 10.6 Å². The molecular formula is C28H31N5O4. The van der Waals surface area contributed by atoms with Crippen LogP contribution in [0.15, 0.2) is 53.1 Å². The van der Waals surface area contributed by atoms with Crippen molar-refractivity contribution in [1.29, 1.82) is 0 Å². The number of aromatic carboxylic acids is 1. The second-order valence-corrected chi connectivity index (χ2v) is 10.2. The summed E-state index contributed by atoms with van der Waals surface area (Å²) in [7, 11) is 0.